The minimum Gasteiger partial charge on any atom is -0.372 e. The van der Waals surface area contributed by atoms with Crippen LogP contribution in [-0.4, -0.2) is 22.6 Å². The number of rotatable bonds is 4. The molecule has 4 rings (SSSR count). The van der Waals surface area contributed by atoms with Gasteiger partial charge in [-0.1, -0.05) is 12.1 Å². The van der Waals surface area contributed by atoms with Crippen LogP contribution in [0.5, 0.6) is 0 Å². The van der Waals surface area contributed by atoms with Crippen molar-refractivity contribution in [2.75, 3.05) is 18.0 Å². The SMILES string of the molecule is CCN(CC)c1ccc(/C=C2\CCn3c2nc2cc(C(F)(F)F)ccc2c3=O)cc1. The maximum atomic E-state index is 13.1. The Morgan fingerprint density at radius 1 is 1.10 bits per heavy atom. The van der Waals surface area contributed by atoms with E-state index in [-0.39, 0.29) is 16.5 Å². The minimum atomic E-state index is -4.48. The summed E-state index contributed by atoms with van der Waals surface area (Å²) in [7, 11) is 0. The third kappa shape index (κ3) is 3.60. The van der Waals surface area contributed by atoms with Gasteiger partial charge in [-0.15, -0.1) is 0 Å². The molecule has 4 nitrogen and oxygen atoms in total. The van der Waals surface area contributed by atoms with Gasteiger partial charge in [0.05, 0.1) is 16.5 Å². The lowest BCUT2D eigenvalue weighted by Crippen LogP contribution is -2.21. The minimum absolute atomic E-state index is 0.0748. The van der Waals surface area contributed by atoms with Crippen LogP contribution in [0.25, 0.3) is 22.6 Å². The van der Waals surface area contributed by atoms with Gasteiger partial charge in [0.1, 0.15) is 5.82 Å². The molecular weight excluding hydrogens is 391 g/mol. The molecule has 0 atom stereocenters. The molecule has 0 unspecified atom stereocenters. The zero-order valence-corrected chi connectivity index (χ0v) is 16.8. The normalized spacial score (nSPS) is 15.0. The van der Waals surface area contributed by atoms with Crippen molar-refractivity contribution in [3.8, 4) is 0 Å². The average Bonchev–Trinajstić information content (AvgIpc) is 3.12. The maximum absolute atomic E-state index is 13.1. The van der Waals surface area contributed by atoms with Crippen LogP contribution in [0.4, 0.5) is 18.9 Å². The van der Waals surface area contributed by atoms with Crippen molar-refractivity contribution in [2.24, 2.45) is 0 Å². The lowest BCUT2D eigenvalue weighted by Gasteiger charge is -2.20. The molecule has 7 heteroatoms. The number of alkyl halides is 3. The molecule has 0 amide bonds. The molecule has 0 fully saturated rings. The number of benzene rings is 2. The van der Waals surface area contributed by atoms with Crippen LogP contribution >= 0.6 is 0 Å². The second kappa shape index (κ2) is 7.63. The Hall–Kier alpha value is -3.09. The van der Waals surface area contributed by atoms with Crippen LogP contribution in [0.3, 0.4) is 0 Å². The molecule has 30 heavy (non-hydrogen) atoms. The van der Waals surface area contributed by atoms with Gasteiger partial charge in [-0.05, 0) is 67.8 Å². The van der Waals surface area contributed by atoms with Gasteiger partial charge in [0.2, 0.25) is 0 Å². The van der Waals surface area contributed by atoms with Gasteiger partial charge >= 0.3 is 6.18 Å². The summed E-state index contributed by atoms with van der Waals surface area (Å²) in [4.78, 5) is 19.4. The monoisotopic (exact) mass is 413 g/mol. The molecule has 0 saturated carbocycles. The largest absolute Gasteiger partial charge is 0.416 e. The van der Waals surface area contributed by atoms with Gasteiger partial charge in [0.15, 0.2) is 0 Å². The van der Waals surface area contributed by atoms with Gasteiger partial charge in [0, 0.05) is 25.3 Å². The molecule has 2 heterocycles. The number of allylic oxidation sites excluding steroid dienone is 1. The van der Waals surface area contributed by atoms with Crippen LogP contribution in [0.2, 0.25) is 0 Å². The van der Waals surface area contributed by atoms with E-state index < -0.39 is 11.7 Å². The van der Waals surface area contributed by atoms with Gasteiger partial charge in [0.25, 0.3) is 5.56 Å². The van der Waals surface area contributed by atoms with Crippen LogP contribution in [-0.2, 0) is 12.7 Å². The van der Waals surface area contributed by atoms with Crippen LogP contribution in [0.15, 0.2) is 47.3 Å². The van der Waals surface area contributed by atoms with Gasteiger partial charge in [-0.2, -0.15) is 13.2 Å². The van der Waals surface area contributed by atoms with E-state index in [9.17, 15) is 18.0 Å². The number of halogens is 3. The first-order valence-electron chi connectivity index (χ1n) is 9.99. The Balaban J connectivity index is 1.75. The lowest BCUT2D eigenvalue weighted by atomic mass is 10.1. The molecule has 0 radical (unpaired) electrons. The smallest absolute Gasteiger partial charge is 0.372 e. The lowest BCUT2D eigenvalue weighted by molar-refractivity contribution is -0.137. The zero-order chi connectivity index (χ0) is 21.5. The van der Waals surface area contributed by atoms with E-state index in [0.29, 0.717) is 18.8 Å². The third-order valence-electron chi connectivity index (χ3n) is 5.54. The first kappa shape index (κ1) is 20.2. The Morgan fingerprint density at radius 2 is 1.80 bits per heavy atom. The molecule has 2 aromatic carbocycles. The zero-order valence-electron chi connectivity index (χ0n) is 16.8. The molecule has 0 aliphatic carbocycles. The highest BCUT2D eigenvalue weighted by atomic mass is 19.4. The summed E-state index contributed by atoms with van der Waals surface area (Å²) in [6, 6.07) is 11.2. The highest BCUT2D eigenvalue weighted by molar-refractivity contribution is 5.85. The highest BCUT2D eigenvalue weighted by Gasteiger charge is 2.31. The van der Waals surface area contributed by atoms with Crippen molar-refractivity contribution < 1.29 is 13.2 Å². The van der Waals surface area contributed by atoms with Crippen LogP contribution in [0, 0.1) is 0 Å². The number of nitrogens with zero attached hydrogens (tertiary/aromatic N) is 3. The van der Waals surface area contributed by atoms with E-state index in [0.717, 1.165) is 42.0 Å². The van der Waals surface area contributed by atoms with Gasteiger partial charge in [-0.3, -0.25) is 9.36 Å². The van der Waals surface area contributed by atoms with E-state index in [1.807, 2.05) is 30.3 Å². The van der Waals surface area contributed by atoms with Gasteiger partial charge in [-0.25, -0.2) is 4.98 Å². The summed E-state index contributed by atoms with van der Waals surface area (Å²) in [5.74, 6) is 0.444. The highest BCUT2D eigenvalue weighted by Crippen LogP contribution is 2.32. The second-order valence-electron chi connectivity index (χ2n) is 7.31. The molecule has 0 bridgehead atoms. The molecular formula is C23H22F3N3O. The van der Waals surface area contributed by atoms with Crippen molar-refractivity contribution in [3.05, 3.63) is 69.8 Å². The first-order valence-corrected chi connectivity index (χ1v) is 9.99. The van der Waals surface area contributed by atoms with E-state index in [1.54, 1.807) is 4.57 Å². The number of hydrogen-bond donors (Lipinski definition) is 0. The fourth-order valence-corrected chi connectivity index (χ4v) is 3.90. The van der Waals surface area contributed by atoms with Crippen molar-refractivity contribution in [3.63, 3.8) is 0 Å². The van der Waals surface area contributed by atoms with Crippen molar-refractivity contribution >= 4 is 28.2 Å². The fraction of sp³-hybridized carbons (Fsp3) is 0.304. The molecule has 1 aliphatic rings. The Labute approximate surface area is 172 Å². The Morgan fingerprint density at radius 3 is 2.43 bits per heavy atom. The summed E-state index contributed by atoms with van der Waals surface area (Å²) in [5.41, 5.74) is 1.92. The summed E-state index contributed by atoms with van der Waals surface area (Å²) in [6.07, 6.45) is -1.91. The van der Waals surface area contributed by atoms with Crippen LogP contribution in [0.1, 0.15) is 37.2 Å². The standard InChI is InChI=1S/C23H22F3N3O/c1-3-28(4-2)18-8-5-15(6-9-18)13-16-11-12-29-21(16)27-20-14-17(23(24,25)26)7-10-19(20)22(29)30/h5-10,13-14H,3-4,11-12H2,1-2H3/b16-13+. The third-order valence-corrected chi connectivity index (χ3v) is 5.54. The number of hydrogen-bond acceptors (Lipinski definition) is 3. The van der Waals surface area contributed by atoms with E-state index in [2.05, 4.69) is 23.7 Å². The number of anilines is 1. The molecule has 0 N–H and O–H groups in total. The van der Waals surface area contributed by atoms with Gasteiger partial charge < -0.3 is 4.90 Å². The first-order chi connectivity index (χ1) is 14.3. The predicted octanol–water partition coefficient (Wildman–Crippen LogP) is 5.21. The van der Waals surface area contributed by atoms with E-state index in [4.69, 9.17) is 0 Å². The maximum Gasteiger partial charge on any atom is 0.416 e. The predicted molar refractivity (Wildman–Crippen MR) is 113 cm³/mol. The molecule has 0 saturated heterocycles. The Kier molecular flexibility index (Phi) is 5.13. The topological polar surface area (TPSA) is 38.1 Å². The number of fused-ring (bicyclic) bond motifs is 2. The molecule has 1 aliphatic heterocycles. The van der Waals surface area contributed by atoms with Crippen molar-refractivity contribution in [1.82, 2.24) is 9.55 Å². The summed E-state index contributed by atoms with van der Waals surface area (Å²) in [6.45, 7) is 6.52. The average molecular weight is 413 g/mol. The summed E-state index contributed by atoms with van der Waals surface area (Å²) >= 11 is 0. The molecule has 3 aromatic rings. The molecule has 0 spiro atoms. The quantitative estimate of drug-likeness (QED) is 0.590. The van der Waals surface area contributed by atoms with Crippen molar-refractivity contribution in [2.45, 2.75) is 33.0 Å². The van der Waals surface area contributed by atoms with Crippen LogP contribution < -0.4 is 10.5 Å². The van der Waals surface area contributed by atoms with E-state index in [1.165, 1.54) is 6.07 Å². The second-order valence-corrected chi connectivity index (χ2v) is 7.31. The molecule has 156 valence electrons. The fourth-order valence-electron chi connectivity index (χ4n) is 3.90. The number of aromatic nitrogens is 2. The Bertz CT molecular complexity index is 1170. The molecule has 1 aromatic heterocycles. The van der Waals surface area contributed by atoms with Crippen molar-refractivity contribution in [1.29, 1.82) is 0 Å². The summed E-state index contributed by atoms with van der Waals surface area (Å²) in [5, 5.41) is 0.205. The summed E-state index contributed by atoms with van der Waals surface area (Å²) < 4.78 is 40.8. The van der Waals surface area contributed by atoms with E-state index >= 15 is 0 Å².